The van der Waals surface area contributed by atoms with Crippen molar-refractivity contribution in [3.05, 3.63) is 62.8 Å². The summed E-state index contributed by atoms with van der Waals surface area (Å²) in [6, 6.07) is 10.1. The molecule has 5 heteroatoms. The highest BCUT2D eigenvalue weighted by atomic mass is 79.9. The van der Waals surface area contributed by atoms with Gasteiger partial charge in [-0.2, -0.15) is 0 Å². The second kappa shape index (κ2) is 6.73. The third kappa shape index (κ3) is 3.94. The molecule has 0 aliphatic heterocycles. The van der Waals surface area contributed by atoms with E-state index in [-0.39, 0.29) is 12.4 Å². The van der Waals surface area contributed by atoms with Gasteiger partial charge >= 0.3 is 0 Å². The van der Waals surface area contributed by atoms with E-state index in [4.69, 9.17) is 16.3 Å². The Hall–Kier alpha value is -0.580. The molecule has 100 valence electrons. The number of rotatable bonds is 4. The van der Waals surface area contributed by atoms with Crippen molar-refractivity contribution in [2.45, 2.75) is 11.9 Å². The van der Waals surface area contributed by atoms with Crippen LogP contribution in [-0.2, 0) is 11.9 Å². The second-order valence-electron chi connectivity index (χ2n) is 3.91. The van der Waals surface area contributed by atoms with Gasteiger partial charge in [0.1, 0.15) is 18.2 Å². The number of hydrogen-bond donors (Lipinski definition) is 0. The Labute approximate surface area is 133 Å². The summed E-state index contributed by atoms with van der Waals surface area (Å²) in [7, 11) is 0. The zero-order valence-electron chi connectivity index (χ0n) is 9.80. The van der Waals surface area contributed by atoms with Gasteiger partial charge in [0.2, 0.25) is 0 Å². The largest absolute Gasteiger partial charge is 0.488 e. The van der Waals surface area contributed by atoms with Gasteiger partial charge in [-0.3, -0.25) is 0 Å². The van der Waals surface area contributed by atoms with E-state index in [0.717, 1.165) is 15.8 Å². The van der Waals surface area contributed by atoms with Gasteiger partial charge < -0.3 is 4.74 Å². The average Bonchev–Trinajstić information content (AvgIpc) is 2.40. The van der Waals surface area contributed by atoms with Gasteiger partial charge in [0, 0.05) is 26.0 Å². The van der Waals surface area contributed by atoms with Crippen LogP contribution in [0.25, 0.3) is 0 Å². The molecule has 0 spiro atoms. The van der Waals surface area contributed by atoms with E-state index in [1.807, 2.05) is 18.2 Å². The Balaban J connectivity index is 2.16. The minimum atomic E-state index is -0.318. The monoisotopic (exact) mass is 406 g/mol. The van der Waals surface area contributed by atoms with Gasteiger partial charge in [-0.15, -0.1) is 0 Å². The van der Waals surface area contributed by atoms with Crippen LogP contribution in [0.1, 0.15) is 11.1 Å². The van der Waals surface area contributed by atoms with E-state index in [0.29, 0.717) is 15.9 Å². The fraction of sp³-hybridized carbons (Fsp3) is 0.143. The second-order valence-corrected chi connectivity index (χ2v) is 5.82. The van der Waals surface area contributed by atoms with Crippen molar-refractivity contribution in [1.82, 2.24) is 0 Å². The third-order valence-corrected chi connectivity index (χ3v) is 3.89. The lowest BCUT2D eigenvalue weighted by Gasteiger charge is -2.11. The van der Waals surface area contributed by atoms with Gasteiger partial charge in [-0.05, 0) is 36.4 Å². The van der Waals surface area contributed by atoms with Crippen LogP contribution in [-0.4, -0.2) is 0 Å². The van der Waals surface area contributed by atoms with Crippen molar-refractivity contribution >= 4 is 43.5 Å². The van der Waals surface area contributed by atoms with Gasteiger partial charge in [-0.1, -0.05) is 43.5 Å². The van der Waals surface area contributed by atoms with E-state index in [1.165, 1.54) is 12.1 Å². The fourth-order valence-electron chi connectivity index (χ4n) is 1.60. The summed E-state index contributed by atoms with van der Waals surface area (Å²) < 4.78 is 20.2. The molecule has 0 radical (unpaired) electrons. The molecule has 19 heavy (non-hydrogen) atoms. The first-order chi connectivity index (χ1) is 9.10. The van der Waals surface area contributed by atoms with E-state index >= 15 is 0 Å². The molecule has 0 aliphatic rings. The molecule has 0 N–H and O–H groups in total. The van der Waals surface area contributed by atoms with E-state index in [2.05, 4.69) is 31.9 Å². The lowest BCUT2D eigenvalue weighted by atomic mass is 10.2. The van der Waals surface area contributed by atoms with Gasteiger partial charge in [0.25, 0.3) is 0 Å². The van der Waals surface area contributed by atoms with Crippen molar-refractivity contribution < 1.29 is 9.13 Å². The fourth-order valence-corrected chi connectivity index (χ4v) is 2.64. The molecule has 0 bridgehead atoms. The molecule has 0 amide bonds. The minimum Gasteiger partial charge on any atom is -0.488 e. The van der Waals surface area contributed by atoms with E-state index in [1.54, 1.807) is 6.07 Å². The van der Waals surface area contributed by atoms with Crippen LogP contribution in [0.4, 0.5) is 4.39 Å². The molecular formula is C14H10Br2ClFO. The smallest absolute Gasteiger partial charge is 0.129 e. The highest BCUT2D eigenvalue weighted by Gasteiger charge is 2.07. The minimum absolute atomic E-state index is 0.147. The molecule has 2 aromatic carbocycles. The van der Waals surface area contributed by atoms with Crippen LogP contribution in [0.5, 0.6) is 5.75 Å². The maximum atomic E-state index is 13.6. The number of alkyl halides is 1. The van der Waals surface area contributed by atoms with Crippen LogP contribution < -0.4 is 4.74 Å². The van der Waals surface area contributed by atoms with Crippen molar-refractivity contribution in [2.24, 2.45) is 0 Å². The van der Waals surface area contributed by atoms with Crippen molar-refractivity contribution in [1.29, 1.82) is 0 Å². The SMILES string of the molecule is Fc1ccc(Cl)cc1COc1ccc(Br)cc1CBr. The Kier molecular flexibility index (Phi) is 5.25. The first-order valence-electron chi connectivity index (χ1n) is 5.51. The van der Waals surface area contributed by atoms with Crippen molar-refractivity contribution in [3.63, 3.8) is 0 Å². The summed E-state index contributed by atoms with van der Waals surface area (Å²) in [6.07, 6.45) is 0. The van der Waals surface area contributed by atoms with Crippen LogP contribution in [0.3, 0.4) is 0 Å². The first kappa shape index (κ1) is 14.8. The molecule has 2 rings (SSSR count). The van der Waals surface area contributed by atoms with Gasteiger partial charge in [-0.25, -0.2) is 4.39 Å². The Bertz CT molecular complexity index is 590. The highest BCUT2D eigenvalue weighted by Crippen LogP contribution is 2.26. The predicted octanol–water partition coefficient (Wildman–Crippen LogP) is 5.72. The van der Waals surface area contributed by atoms with E-state index in [9.17, 15) is 4.39 Å². The Morgan fingerprint density at radius 1 is 1.11 bits per heavy atom. The third-order valence-electron chi connectivity index (χ3n) is 2.56. The molecule has 0 saturated heterocycles. The quantitative estimate of drug-likeness (QED) is 0.589. The number of halogens is 4. The molecule has 0 saturated carbocycles. The number of hydrogen-bond acceptors (Lipinski definition) is 1. The van der Waals surface area contributed by atoms with Crippen molar-refractivity contribution in [3.8, 4) is 5.75 Å². The summed E-state index contributed by atoms with van der Waals surface area (Å²) >= 11 is 12.6. The normalized spacial score (nSPS) is 10.5. The van der Waals surface area contributed by atoms with Crippen LogP contribution in [0.15, 0.2) is 40.9 Å². The first-order valence-corrected chi connectivity index (χ1v) is 7.80. The average molecular weight is 408 g/mol. The van der Waals surface area contributed by atoms with Crippen LogP contribution in [0, 0.1) is 5.82 Å². The molecule has 0 unspecified atom stereocenters. The topological polar surface area (TPSA) is 9.23 Å². The zero-order chi connectivity index (χ0) is 13.8. The molecular weight excluding hydrogens is 398 g/mol. The van der Waals surface area contributed by atoms with Gasteiger partial charge in [0.15, 0.2) is 0 Å². The summed E-state index contributed by atoms with van der Waals surface area (Å²) in [4.78, 5) is 0. The lowest BCUT2D eigenvalue weighted by molar-refractivity contribution is 0.297. The summed E-state index contributed by atoms with van der Waals surface area (Å²) in [5.74, 6) is 0.404. The Morgan fingerprint density at radius 2 is 1.89 bits per heavy atom. The van der Waals surface area contributed by atoms with Gasteiger partial charge in [0.05, 0.1) is 0 Å². The maximum absolute atomic E-state index is 13.6. The number of benzene rings is 2. The van der Waals surface area contributed by atoms with E-state index < -0.39 is 0 Å². The Morgan fingerprint density at radius 3 is 2.63 bits per heavy atom. The standard InChI is InChI=1S/C14H10Br2ClFO/c15-7-9-5-11(16)1-4-14(9)19-8-10-6-12(17)2-3-13(10)18/h1-6H,7-8H2. The summed E-state index contributed by atoms with van der Waals surface area (Å²) in [6.45, 7) is 0.147. The maximum Gasteiger partial charge on any atom is 0.129 e. The molecule has 0 fully saturated rings. The number of ether oxygens (including phenoxy) is 1. The summed E-state index contributed by atoms with van der Waals surface area (Å²) in [5.41, 5.74) is 1.44. The molecule has 1 nitrogen and oxygen atoms in total. The summed E-state index contributed by atoms with van der Waals surface area (Å²) in [5, 5.41) is 1.16. The molecule has 0 atom stereocenters. The zero-order valence-corrected chi connectivity index (χ0v) is 13.7. The van der Waals surface area contributed by atoms with Crippen LogP contribution in [0.2, 0.25) is 5.02 Å². The molecule has 2 aromatic rings. The molecule has 0 aromatic heterocycles. The predicted molar refractivity (Wildman–Crippen MR) is 82.5 cm³/mol. The molecule has 0 heterocycles. The van der Waals surface area contributed by atoms with Crippen molar-refractivity contribution in [2.75, 3.05) is 0 Å². The molecule has 0 aliphatic carbocycles. The highest BCUT2D eigenvalue weighted by molar-refractivity contribution is 9.10. The van der Waals surface area contributed by atoms with Crippen LogP contribution >= 0.6 is 43.5 Å². The lowest BCUT2D eigenvalue weighted by Crippen LogP contribution is -2.00.